The summed E-state index contributed by atoms with van der Waals surface area (Å²) in [6, 6.07) is 8.48. The minimum absolute atomic E-state index is 0.160. The van der Waals surface area contributed by atoms with Crippen LogP contribution in [0.5, 0.6) is 0 Å². The normalized spacial score (nSPS) is 19.1. The number of carbonyl (C=O) groups excluding carboxylic acids is 2. The Morgan fingerprint density at radius 2 is 2.03 bits per heavy atom. The Labute approximate surface area is 176 Å². The van der Waals surface area contributed by atoms with Crippen molar-refractivity contribution < 1.29 is 27.5 Å². The third kappa shape index (κ3) is 5.20. The van der Waals surface area contributed by atoms with Gasteiger partial charge in [-0.25, -0.2) is 0 Å². The Morgan fingerprint density at radius 1 is 1.23 bits per heavy atom. The number of carbonyl (C=O) groups is 2. The topological polar surface area (TPSA) is 58.6 Å². The van der Waals surface area contributed by atoms with Crippen LogP contribution in [0, 0.1) is 5.92 Å². The molecule has 162 valence electrons. The molecule has 2 amide bonds. The first kappa shape index (κ1) is 22.3. The molecule has 2 unspecified atom stereocenters. The highest BCUT2D eigenvalue weighted by Crippen LogP contribution is 2.37. The minimum Gasteiger partial charge on any atom is -0.385 e. The lowest BCUT2D eigenvalue weighted by Gasteiger charge is -2.19. The van der Waals surface area contributed by atoms with Gasteiger partial charge in [-0.2, -0.15) is 13.2 Å². The van der Waals surface area contributed by atoms with Gasteiger partial charge in [0.25, 0.3) is 5.91 Å². The fourth-order valence-electron chi connectivity index (χ4n) is 3.63. The van der Waals surface area contributed by atoms with E-state index in [0.29, 0.717) is 30.0 Å². The Morgan fingerprint density at radius 3 is 2.70 bits per heavy atom. The average molecular weight is 440 g/mol. The molecule has 2 atom stereocenters. The summed E-state index contributed by atoms with van der Waals surface area (Å²) in [5.41, 5.74) is -0.356. The summed E-state index contributed by atoms with van der Waals surface area (Å²) >= 11 is 1.30. The second-order valence-corrected chi connectivity index (χ2v) is 8.11. The molecular weight excluding hydrogens is 417 g/mol. The summed E-state index contributed by atoms with van der Waals surface area (Å²) < 4.78 is 44.5. The van der Waals surface area contributed by atoms with Crippen LogP contribution in [0.4, 0.5) is 13.2 Å². The van der Waals surface area contributed by atoms with Crippen LogP contribution in [0.15, 0.2) is 41.8 Å². The largest absolute Gasteiger partial charge is 0.416 e. The fourth-order valence-corrected chi connectivity index (χ4v) is 4.32. The molecule has 1 aromatic carbocycles. The number of amides is 2. The second kappa shape index (κ2) is 9.61. The van der Waals surface area contributed by atoms with Crippen LogP contribution in [-0.2, 0) is 15.7 Å². The van der Waals surface area contributed by atoms with E-state index in [1.54, 1.807) is 35.6 Å². The van der Waals surface area contributed by atoms with Gasteiger partial charge in [-0.15, -0.1) is 11.3 Å². The van der Waals surface area contributed by atoms with Crippen LogP contribution >= 0.6 is 11.3 Å². The van der Waals surface area contributed by atoms with Crippen LogP contribution in [0.3, 0.4) is 0 Å². The van der Waals surface area contributed by atoms with Gasteiger partial charge in [0.15, 0.2) is 0 Å². The van der Waals surface area contributed by atoms with Crippen LogP contribution < -0.4 is 5.32 Å². The summed E-state index contributed by atoms with van der Waals surface area (Å²) in [5.74, 6) is -1.62. The Kier molecular flexibility index (Phi) is 7.14. The van der Waals surface area contributed by atoms with Gasteiger partial charge in [-0.1, -0.05) is 24.3 Å². The fraction of sp³-hybridized carbons (Fsp3) is 0.429. The molecule has 5 nitrogen and oxygen atoms in total. The average Bonchev–Trinajstić information content (AvgIpc) is 3.40. The number of alkyl halides is 3. The van der Waals surface area contributed by atoms with Gasteiger partial charge in [-0.05, 0) is 29.5 Å². The van der Waals surface area contributed by atoms with Crippen molar-refractivity contribution in [2.24, 2.45) is 5.92 Å². The number of nitrogens with zero attached hydrogens (tertiary/aromatic N) is 1. The van der Waals surface area contributed by atoms with Crippen molar-refractivity contribution in [3.05, 3.63) is 57.8 Å². The lowest BCUT2D eigenvalue weighted by atomic mass is 9.87. The van der Waals surface area contributed by atoms with Crippen molar-refractivity contribution in [3.8, 4) is 0 Å². The van der Waals surface area contributed by atoms with Gasteiger partial charge in [0.05, 0.1) is 16.4 Å². The molecule has 9 heteroatoms. The zero-order chi connectivity index (χ0) is 21.7. The maximum atomic E-state index is 13.2. The first-order chi connectivity index (χ1) is 14.3. The molecule has 0 spiro atoms. The summed E-state index contributed by atoms with van der Waals surface area (Å²) in [6.45, 7) is 1.24. The van der Waals surface area contributed by atoms with Crippen molar-refractivity contribution >= 4 is 23.2 Å². The molecule has 0 radical (unpaired) electrons. The third-order valence-electron chi connectivity index (χ3n) is 5.14. The molecule has 1 fully saturated rings. The first-order valence-electron chi connectivity index (χ1n) is 9.58. The molecular formula is C21H23F3N2O3S. The number of likely N-dealkylation sites (tertiary alicyclic amines) is 1. The van der Waals surface area contributed by atoms with Crippen LogP contribution in [0.2, 0.25) is 0 Å². The highest BCUT2D eigenvalue weighted by atomic mass is 32.1. The standard InChI is InChI=1S/C21H23F3N2O3S/c1-29-9-4-8-25-19(27)17-13-26(20(28)18-7-3-10-30-18)12-16(17)14-5-2-6-15(11-14)21(22,23)24/h2-3,5-7,10-11,16-17H,4,8-9,12-13H2,1H3,(H,25,27). The van der Waals surface area contributed by atoms with E-state index in [9.17, 15) is 22.8 Å². The number of rotatable bonds is 7. The van der Waals surface area contributed by atoms with Gasteiger partial charge in [0.1, 0.15) is 0 Å². The number of halogens is 3. The predicted molar refractivity (Wildman–Crippen MR) is 107 cm³/mol. The van der Waals surface area contributed by atoms with E-state index >= 15 is 0 Å². The molecule has 0 aliphatic carbocycles. The molecule has 1 aliphatic rings. The van der Waals surface area contributed by atoms with Gasteiger partial charge >= 0.3 is 6.18 Å². The number of hydrogen-bond donors (Lipinski definition) is 1. The van der Waals surface area contributed by atoms with Crippen LogP contribution in [0.25, 0.3) is 0 Å². The van der Waals surface area contributed by atoms with Crippen molar-refractivity contribution in [2.45, 2.75) is 18.5 Å². The van der Waals surface area contributed by atoms with Crippen molar-refractivity contribution in [1.29, 1.82) is 0 Å². The Bertz CT molecular complexity index is 871. The highest BCUT2D eigenvalue weighted by Gasteiger charge is 2.41. The molecule has 1 saturated heterocycles. The van der Waals surface area contributed by atoms with Gasteiger partial charge in [-0.3, -0.25) is 9.59 Å². The van der Waals surface area contributed by atoms with Crippen molar-refractivity contribution in [3.63, 3.8) is 0 Å². The van der Waals surface area contributed by atoms with E-state index in [0.717, 1.165) is 12.1 Å². The number of ether oxygens (including phenoxy) is 1. The number of benzene rings is 1. The van der Waals surface area contributed by atoms with Crippen LogP contribution in [-0.4, -0.2) is 50.1 Å². The Balaban J connectivity index is 1.83. The number of nitrogens with one attached hydrogen (secondary N) is 1. The molecule has 0 bridgehead atoms. The van der Waals surface area contributed by atoms with E-state index in [4.69, 9.17) is 4.74 Å². The van der Waals surface area contributed by atoms with Crippen molar-refractivity contribution in [2.75, 3.05) is 33.4 Å². The number of methoxy groups -OCH3 is 1. The molecule has 1 aromatic heterocycles. The smallest absolute Gasteiger partial charge is 0.385 e. The third-order valence-corrected chi connectivity index (χ3v) is 6.00. The summed E-state index contributed by atoms with van der Waals surface area (Å²) in [6.07, 6.45) is -3.85. The zero-order valence-electron chi connectivity index (χ0n) is 16.4. The predicted octanol–water partition coefficient (Wildman–Crippen LogP) is 3.78. The maximum absolute atomic E-state index is 13.2. The minimum atomic E-state index is -4.47. The Hall–Kier alpha value is -2.39. The molecule has 1 N–H and O–H groups in total. The number of thiophene rings is 1. The van der Waals surface area contributed by atoms with Gasteiger partial charge in [0.2, 0.25) is 5.91 Å². The lowest BCUT2D eigenvalue weighted by Crippen LogP contribution is -2.36. The number of hydrogen-bond acceptors (Lipinski definition) is 4. The van der Waals surface area contributed by atoms with Crippen molar-refractivity contribution in [1.82, 2.24) is 10.2 Å². The summed E-state index contributed by atoms with van der Waals surface area (Å²) in [4.78, 5) is 27.7. The molecule has 1 aliphatic heterocycles. The van der Waals surface area contributed by atoms with E-state index in [-0.39, 0.29) is 24.9 Å². The molecule has 2 heterocycles. The summed E-state index contributed by atoms with van der Waals surface area (Å²) in [7, 11) is 1.57. The lowest BCUT2D eigenvalue weighted by molar-refractivity contribution is -0.137. The second-order valence-electron chi connectivity index (χ2n) is 7.16. The van der Waals surface area contributed by atoms with E-state index in [1.165, 1.54) is 17.4 Å². The highest BCUT2D eigenvalue weighted by molar-refractivity contribution is 7.12. The van der Waals surface area contributed by atoms with Gasteiger partial charge in [0, 0.05) is 39.3 Å². The molecule has 0 saturated carbocycles. The molecule has 30 heavy (non-hydrogen) atoms. The monoisotopic (exact) mass is 440 g/mol. The summed E-state index contributed by atoms with van der Waals surface area (Å²) in [5, 5.41) is 4.61. The van der Waals surface area contributed by atoms with E-state index in [2.05, 4.69) is 5.32 Å². The zero-order valence-corrected chi connectivity index (χ0v) is 17.3. The van der Waals surface area contributed by atoms with Gasteiger partial charge < -0.3 is 15.0 Å². The maximum Gasteiger partial charge on any atom is 0.416 e. The quantitative estimate of drug-likeness (QED) is 0.667. The van der Waals surface area contributed by atoms with E-state index in [1.807, 2.05) is 0 Å². The van der Waals surface area contributed by atoms with Crippen LogP contribution in [0.1, 0.15) is 33.1 Å². The van der Waals surface area contributed by atoms with E-state index < -0.39 is 23.6 Å². The molecule has 3 rings (SSSR count). The first-order valence-corrected chi connectivity index (χ1v) is 10.5. The SMILES string of the molecule is COCCCNC(=O)C1CN(C(=O)c2cccs2)CC1c1cccc(C(F)(F)F)c1. The molecule has 2 aromatic rings.